The Morgan fingerprint density at radius 2 is 1.68 bits per heavy atom. The molecule has 0 aliphatic carbocycles. The largest absolute Gasteiger partial charge is 0.495 e. The number of rotatable bonds is 8. The standard InChI is InChI=1S/C23H31N3O4S/c1-19-10-12-20(13-11-19)26(31(3,28)29)14-6-9-23(27)25-17-15-24(16-18-25)21-7-4-5-8-22(21)30-2/h4-5,7-8,10-13H,6,9,14-18H2,1-3H3. The van der Waals surface area contributed by atoms with Gasteiger partial charge in [0.05, 0.1) is 24.7 Å². The number of carbonyl (C=O) groups is 1. The van der Waals surface area contributed by atoms with Crippen LogP contribution in [0.1, 0.15) is 18.4 Å². The summed E-state index contributed by atoms with van der Waals surface area (Å²) < 4.78 is 31.3. The first kappa shape index (κ1) is 22.9. The lowest BCUT2D eigenvalue weighted by atomic mass is 10.2. The average molecular weight is 446 g/mol. The predicted octanol–water partition coefficient (Wildman–Crippen LogP) is 2.90. The number of methoxy groups -OCH3 is 1. The molecule has 1 aliphatic heterocycles. The smallest absolute Gasteiger partial charge is 0.232 e. The Morgan fingerprint density at radius 3 is 2.29 bits per heavy atom. The van der Waals surface area contributed by atoms with Gasteiger partial charge in [-0.1, -0.05) is 29.8 Å². The number of nitrogens with zero attached hydrogens (tertiary/aromatic N) is 3. The minimum atomic E-state index is -3.41. The zero-order valence-electron chi connectivity index (χ0n) is 18.5. The van der Waals surface area contributed by atoms with Crippen LogP contribution in [0.3, 0.4) is 0 Å². The van der Waals surface area contributed by atoms with Crippen molar-refractivity contribution in [2.45, 2.75) is 19.8 Å². The van der Waals surface area contributed by atoms with Gasteiger partial charge in [0.25, 0.3) is 0 Å². The SMILES string of the molecule is COc1ccccc1N1CCN(C(=O)CCCN(c2ccc(C)cc2)S(C)(=O)=O)CC1. The molecule has 0 radical (unpaired) electrons. The Labute approximate surface area is 185 Å². The molecule has 0 aromatic heterocycles. The summed E-state index contributed by atoms with van der Waals surface area (Å²) in [6.07, 6.45) is 2.00. The number of piperazine rings is 1. The molecule has 1 saturated heterocycles. The van der Waals surface area contributed by atoms with E-state index in [1.165, 1.54) is 10.6 Å². The van der Waals surface area contributed by atoms with E-state index >= 15 is 0 Å². The van der Waals surface area contributed by atoms with Gasteiger partial charge in [0, 0.05) is 39.1 Å². The zero-order chi connectivity index (χ0) is 22.4. The second-order valence-corrected chi connectivity index (χ2v) is 9.72. The van der Waals surface area contributed by atoms with Crippen LogP contribution in [0.2, 0.25) is 0 Å². The van der Waals surface area contributed by atoms with Crippen molar-refractivity contribution in [1.29, 1.82) is 0 Å². The maximum Gasteiger partial charge on any atom is 0.232 e. The molecule has 2 aromatic carbocycles. The van der Waals surface area contributed by atoms with Crippen molar-refractivity contribution in [3.05, 3.63) is 54.1 Å². The normalized spacial score (nSPS) is 14.4. The molecule has 168 valence electrons. The van der Waals surface area contributed by atoms with Crippen LogP contribution in [0.15, 0.2) is 48.5 Å². The van der Waals surface area contributed by atoms with Crippen molar-refractivity contribution in [2.75, 3.05) is 55.3 Å². The number of amides is 1. The number of hydrogen-bond acceptors (Lipinski definition) is 5. The van der Waals surface area contributed by atoms with Crippen molar-refractivity contribution in [1.82, 2.24) is 4.90 Å². The maximum atomic E-state index is 12.7. The van der Waals surface area contributed by atoms with Crippen molar-refractivity contribution >= 4 is 27.3 Å². The first-order valence-corrected chi connectivity index (χ1v) is 12.3. The molecule has 0 spiro atoms. The Hall–Kier alpha value is -2.74. The Morgan fingerprint density at radius 1 is 1.03 bits per heavy atom. The Balaban J connectivity index is 1.52. The van der Waals surface area contributed by atoms with Gasteiger partial charge in [-0.3, -0.25) is 9.10 Å². The van der Waals surface area contributed by atoms with Crippen LogP contribution in [-0.2, 0) is 14.8 Å². The number of carbonyl (C=O) groups excluding carboxylic acids is 1. The van der Waals surface area contributed by atoms with Gasteiger partial charge >= 0.3 is 0 Å². The monoisotopic (exact) mass is 445 g/mol. The molecule has 3 rings (SSSR count). The van der Waals surface area contributed by atoms with E-state index in [-0.39, 0.29) is 12.5 Å². The minimum absolute atomic E-state index is 0.0667. The number of anilines is 2. The summed E-state index contributed by atoms with van der Waals surface area (Å²) in [4.78, 5) is 16.8. The maximum absolute atomic E-state index is 12.7. The van der Waals surface area contributed by atoms with Crippen molar-refractivity contribution in [2.24, 2.45) is 0 Å². The third-order valence-corrected chi connectivity index (χ3v) is 6.73. The van der Waals surface area contributed by atoms with Gasteiger partial charge in [-0.15, -0.1) is 0 Å². The molecule has 7 nitrogen and oxygen atoms in total. The van der Waals surface area contributed by atoms with Crippen LogP contribution < -0.4 is 13.9 Å². The van der Waals surface area contributed by atoms with Crippen LogP contribution in [0.5, 0.6) is 5.75 Å². The highest BCUT2D eigenvalue weighted by molar-refractivity contribution is 7.92. The average Bonchev–Trinajstić information content (AvgIpc) is 2.76. The van der Waals surface area contributed by atoms with Crippen molar-refractivity contribution in [3.8, 4) is 5.75 Å². The van der Waals surface area contributed by atoms with E-state index < -0.39 is 10.0 Å². The van der Waals surface area contributed by atoms with Gasteiger partial charge in [0.1, 0.15) is 5.75 Å². The number of aryl methyl sites for hydroxylation is 1. The highest BCUT2D eigenvalue weighted by atomic mass is 32.2. The summed E-state index contributed by atoms with van der Waals surface area (Å²) >= 11 is 0. The number of sulfonamides is 1. The lowest BCUT2D eigenvalue weighted by molar-refractivity contribution is -0.131. The Kier molecular flexibility index (Phi) is 7.43. The van der Waals surface area contributed by atoms with E-state index in [1.807, 2.05) is 48.2 Å². The summed E-state index contributed by atoms with van der Waals surface area (Å²) in [6.45, 7) is 5.01. The quantitative estimate of drug-likeness (QED) is 0.625. The molecule has 0 bridgehead atoms. The summed E-state index contributed by atoms with van der Waals surface area (Å²) in [5, 5.41) is 0. The van der Waals surface area contributed by atoms with Gasteiger partial charge in [0.2, 0.25) is 15.9 Å². The Bertz CT molecular complexity index is 984. The molecule has 8 heteroatoms. The van der Waals surface area contributed by atoms with Crippen LogP contribution >= 0.6 is 0 Å². The molecule has 0 unspecified atom stereocenters. The molecule has 1 fully saturated rings. The fourth-order valence-corrected chi connectivity index (χ4v) is 4.78. The summed E-state index contributed by atoms with van der Waals surface area (Å²) in [7, 11) is -1.75. The van der Waals surface area contributed by atoms with E-state index in [4.69, 9.17) is 4.74 Å². The second kappa shape index (κ2) is 10.0. The molecular weight excluding hydrogens is 414 g/mol. The van der Waals surface area contributed by atoms with E-state index in [0.29, 0.717) is 31.6 Å². The third kappa shape index (κ3) is 5.91. The number of hydrogen-bond donors (Lipinski definition) is 0. The fraction of sp³-hybridized carbons (Fsp3) is 0.435. The molecule has 31 heavy (non-hydrogen) atoms. The molecule has 1 aliphatic rings. The van der Waals surface area contributed by atoms with E-state index in [9.17, 15) is 13.2 Å². The molecule has 1 heterocycles. The van der Waals surface area contributed by atoms with Crippen LogP contribution in [0.4, 0.5) is 11.4 Å². The van der Waals surface area contributed by atoms with E-state index in [1.54, 1.807) is 19.2 Å². The molecule has 0 N–H and O–H groups in total. The number of ether oxygens (including phenoxy) is 1. The number of para-hydroxylation sites is 2. The molecule has 2 aromatic rings. The van der Waals surface area contributed by atoms with Gasteiger partial charge in [-0.05, 0) is 37.6 Å². The zero-order valence-corrected chi connectivity index (χ0v) is 19.3. The highest BCUT2D eigenvalue weighted by Crippen LogP contribution is 2.28. The minimum Gasteiger partial charge on any atom is -0.495 e. The molecule has 0 saturated carbocycles. The summed E-state index contributed by atoms with van der Waals surface area (Å²) in [6, 6.07) is 15.3. The van der Waals surface area contributed by atoms with Crippen molar-refractivity contribution in [3.63, 3.8) is 0 Å². The summed E-state index contributed by atoms with van der Waals surface area (Å²) in [5.74, 6) is 0.899. The topological polar surface area (TPSA) is 70.2 Å². The fourth-order valence-electron chi connectivity index (χ4n) is 3.82. The van der Waals surface area contributed by atoms with Crippen LogP contribution in [0, 0.1) is 6.92 Å². The molecule has 0 atom stereocenters. The lowest BCUT2D eigenvalue weighted by Crippen LogP contribution is -2.49. The van der Waals surface area contributed by atoms with Gasteiger partial charge in [-0.2, -0.15) is 0 Å². The van der Waals surface area contributed by atoms with Gasteiger partial charge in [-0.25, -0.2) is 8.42 Å². The van der Waals surface area contributed by atoms with Crippen molar-refractivity contribution < 1.29 is 17.9 Å². The first-order valence-electron chi connectivity index (χ1n) is 10.5. The molecule has 1 amide bonds. The molecular formula is C23H31N3O4S. The number of benzene rings is 2. The van der Waals surface area contributed by atoms with Crippen LogP contribution in [-0.4, -0.2) is 65.3 Å². The third-order valence-electron chi connectivity index (χ3n) is 5.53. The van der Waals surface area contributed by atoms with E-state index in [2.05, 4.69) is 4.90 Å². The highest BCUT2D eigenvalue weighted by Gasteiger charge is 2.23. The van der Waals surface area contributed by atoms with Gasteiger partial charge < -0.3 is 14.5 Å². The first-order chi connectivity index (χ1) is 14.8. The second-order valence-electron chi connectivity index (χ2n) is 7.81. The van der Waals surface area contributed by atoms with E-state index in [0.717, 1.165) is 30.1 Å². The predicted molar refractivity (Wildman–Crippen MR) is 124 cm³/mol. The lowest BCUT2D eigenvalue weighted by Gasteiger charge is -2.36. The van der Waals surface area contributed by atoms with Gasteiger partial charge in [0.15, 0.2) is 0 Å². The van der Waals surface area contributed by atoms with Crippen LogP contribution in [0.25, 0.3) is 0 Å². The summed E-state index contributed by atoms with van der Waals surface area (Å²) in [5.41, 5.74) is 2.74.